The fraction of sp³-hybridized carbons (Fsp3) is 0.778. The van der Waals surface area contributed by atoms with Gasteiger partial charge in [-0.3, -0.25) is 4.86 Å². The highest BCUT2D eigenvalue weighted by Gasteiger charge is 2.29. The first-order valence-electron chi connectivity index (χ1n) is 4.67. The van der Waals surface area contributed by atoms with Crippen LogP contribution in [-0.4, -0.2) is 9.96 Å². The Morgan fingerprint density at radius 3 is 2.75 bits per heavy atom. The molecule has 1 fully saturated rings. The van der Waals surface area contributed by atoms with E-state index in [4.69, 9.17) is 0 Å². The van der Waals surface area contributed by atoms with Crippen LogP contribution in [0.4, 0.5) is 0 Å². The molecule has 0 saturated heterocycles. The van der Waals surface area contributed by atoms with E-state index in [1.807, 2.05) is 6.20 Å². The number of aromatic nitrogens is 2. The predicted molar refractivity (Wildman–Crippen MR) is 51.5 cm³/mol. The molecule has 0 spiro atoms. The van der Waals surface area contributed by atoms with Crippen molar-refractivity contribution in [2.75, 3.05) is 0 Å². The van der Waals surface area contributed by atoms with Gasteiger partial charge in [-0.2, -0.15) is 5.10 Å². The van der Waals surface area contributed by atoms with Crippen molar-refractivity contribution in [1.82, 2.24) is 9.96 Å². The average molecular weight is 182 g/mol. The van der Waals surface area contributed by atoms with Crippen LogP contribution in [0.2, 0.25) is 0 Å². The van der Waals surface area contributed by atoms with Gasteiger partial charge in [-0.05, 0) is 18.3 Å². The Morgan fingerprint density at radius 2 is 2.17 bits per heavy atom. The van der Waals surface area contributed by atoms with E-state index in [1.54, 1.807) is 0 Å². The molecule has 1 heterocycles. The van der Waals surface area contributed by atoms with Gasteiger partial charge in [0.2, 0.25) is 0 Å². The normalized spacial score (nSPS) is 23.1. The Labute approximate surface area is 74.9 Å². The van der Waals surface area contributed by atoms with Crippen LogP contribution in [0, 0.1) is 0 Å². The van der Waals surface area contributed by atoms with E-state index in [2.05, 4.69) is 16.9 Å². The summed E-state index contributed by atoms with van der Waals surface area (Å²) in [6.45, 7) is 2.38. The molecule has 1 aliphatic carbocycles. The van der Waals surface area contributed by atoms with Gasteiger partial charge in [0.05, 0.1) is 6.20 Å². The Morgan fingerprint density at radius 1 is 1.42 bits per heavy atom. The Balaban J connectivity index is 2.19. The summed E-state index contributed by atoms with van der Waals surface area (Å²) in [7, 11) is 1.22. The van der Waals surface area contributed by atoms with Crippen molar-refractivity contribution in [3.63, 3.8) is 0 Å². The molecule has 0 unspecified atom stereocenters. The summed E-state index contributed by atoms with van der Waals surface area (Å²) in [5.74, 6) is 0. The minimum Gasteiger partial charge on any atom is -0.260 e. The van der Waals surface area contributed by atoms with Crippen LogP contribution in [0.1, 0.15) is 44.3 Å². The predicted octanol–water partition coefficient (Wildman–Crippen LogP) is 3.21. The molecule has 12 heavy (non-hydrogen) atoms. The summed E-state index contributed by atoms with van der Waals surface area (Å²) in [6.07, 6.45) is 8.93. The monoisotopic (exact) mass is 182 g/mol. The molecule has 2 rings (SSSR count). The number of rotatable bonds is 1. The molecule has 0 bridgehead atoms. The largest absolute Gasteiger partial charge is 0.260 e. The second kappa shape index (κ2) is 3.18. The van der Waals surface area contributed by atoms with E-state index >= 15 is 0 Å². The van der Waals surface area contributed by atoms with Gasteiger partial charge in [-0.1, -0.05) is 26.2 Å². The first-order chi connectivity index (χ1) is 5.81. The van der Waals surface area contributed by atoms with Crippen LogP contribution < -0.4 is 0 Å². The third-order valence-electron chi connectivity index (χ3n) is 2.99. The minimum atomic E-state index is 0.451. The first kappa shape index (κ1) is 8.25. The van der Waals surface area contributed by atoms with Crippen molar-refractivity contribution in [1.29, 1.82) is 0 Å². The molecule has 0 aromatic carbocycles. The summed E-state index contributed by atoms with van der Waals surface area (Å²) in [6, 6.07) is 0. The summed E-state index contributed by atoms with van der Waals surface area (Å²) in [4.78, 5) is 3.00. The SMILES string of the molecule is CC1(c2cn[nH]p2)CCCCC1. The highest BCUT2D eigenvalue weighted by atomic mass is 31.0. The molecular weight excluding hydrogens is 167 g/mol. The lowest BCUT2D eigenvalue weighted by molar-refractivity contribution is 0.325. The molecule has 1 saturated carbocycles. The smallest absolute Gasteiger partial charge is 0.0573 e. The highest BCUT2D eigenvalue weighted by molar-refractivity contribution is 7.26. The van der Waals surface area contributed by atoms with Crippen LogP contribution in [0.25, 0.3) is 0 Å². The zero-order chi connectivity index (χ0) is 8.44. The van der Waals surface area contributed by atoms with E-state index in [0.29, 0.717) is 5.41 Å². The van der Waals surface area contributed by atoms with Gasteiger partial charge < -0.3 is 0 Å². The van der Waals surface area contributed by atoms with Crippen LogP contribution in [0.15, 0.2) is 6.20 Å². The third kappa shape index (κ3) is 1.40. The van der Waals surface area contributed by atoms with Gasteiger partial charge in [0.15, 0.2) is 0 Å². The maximum Gasteiger partial charge on any atom is 0.0573 e. The molecule has 0 aliphatic heterocycles. The summed E-state index contributed by atoms with van der Waals surface area (Å²) in [5.41, 5.74) is 0.451. The highest BCUT2D eigenvalue weighted by Crippen LogP contribution is 2.41. The van der Waals surface area contributed by atoms with E-state index in [1.165, 1.54) is 45.8 Å². The van der Waals surface area contributed by atoms with Crippen LogP contribution >= 0.6 is 8.35 Å². The fourth-order valence-electron chi connectivity index (χ4n) is 2.08. The third-order valence-corrected chi connectivity index (χ3v) is 4.10. The molecule has 3 heteroatoms. The molecule has 0 radical (unpaired) electrons. The maximum absolute atomic E-state index is 4.06. The lowest BCUT2D eigenvalue weighted by Gasteiger charge is -2.32. The lowest BCUT2D eigenvalue weighted by atomic mass is 9.75. The van der Waals surface area contributed by atoms with Gasteiger partial charge in [-0.25, -0.2) is 0 Å². The van der Waals surface area contributed by atoms with Crippen molar-refractivity contribution in [2.24, 2.45) is 0 Å². The number of nitrogens with one attached hydrogen (secondary N) is 1. The second-order valence-electron chi connectivity index (χ2n) is 3.98. The van der Waals surface area contributed by atoms with Gasteiger partial charge in [0, 0.05) is 13.6 Å². The Bertz CT molecular complexity index is 237. The van der Waals surface area contributed by atoms with Crippen LogP contribution in [0.5, 0.6) is 0 Å². The van der Waals surface area contributed by atoms with Gasteiger partial charge in [0.1, 0.15) is 0 Å². The van der Waals surface area contributed by atoms with Gasteiger partial charge >= 0.3 is 0 Å². The van der Waals surface area contributed by atoms with Crippen molar-refractivity contribution in [2.45, 2.75) is 44.4 Å². The number of nitrogens with zero attached hydrogens (tertiary/aromatic N) is 1. The average Bonchev–Trinajstić information content (AvgIpc) is 2.58. The number of hydrogen-bond acceptors (Lipinski definition) is 1. The maximum atomic E-state index is 4.06. The minimum absolute atomic E-state index is 0.451. The summed E-state index contributed by atoms with van der Waals surface area (Å²) >= 11 is 0. The number of hydrogen-bond donors (Lipinski definition) is 1. The molecule has 1 N–H and O–H groups in total. The molecular formula is C9H15N2P. The van der Waals surface area contributed by atoms with Crippen molar-refractivity contribution in [3.05, 3.63) is 11.5 Å². The van der Waals surface area contributed by atoms with E-state index in [-0.39, 0.29) is 0 Å². The first-order valence-corrected chi connectivity index (χ1v) is 5.57. The zero-order valence-corrected chi connectivity index (χ0v) is 8.40. The van der Waals surface area contributed by atoms with Crippen molar-refractivity contribution in [3.8, 4) is 0 Å². The Hall–Kier alpha value is -0.360. The topological polar surface area (TPSA) is 28.7 Å². The van der Waals surface area contributed by atoms with Crippen molar-refractivity contribution >= 4 is 8.35 Å². The summed E-state index contributed by atoms with van der Waals surface area (Å²) < 4.78 is 0. The van der Waals surface area contributed by atoms with Crippen LogP contribution in [0.3, 0.4) is 0 Å². The quantitative estimate of drug-likeness (QED) is 0.709. The molecule has 1 aromatic rings. The number of H-pyrrole nitrogens is 1. The van der Waals surface area contributed by atoms with Crippen molar-refractivity contribution < 1.29 is 0 Å². The number of aromatic amines is 1. The fourth-order valence-corrected chi connectivity index (χ4v) is 2.91. The zero-order valence-electron chi connectivity index (χ0n) is 7.51. The molecule has 0 atom stereocenters. The van der Waals surface area contributed by atoms with Gasteiger partial charge in [0.25, 0.3) is 0 Å². The van der Waals surface area contributed by atoms with E-state index < -0.39 is 0 Å². The lowest BCUT2D eigenvalue weighted by Crippen LogP contribution is -2.23. The van der Waals surface area contributed by atoms with E-state index in [0.717, 1.165) is 0 Å². The van der Waals surface area contributed by atoms with Crippen LogP contribution in [-0.2, 0) is 5.41 Å². The van der Waals surface area contributed by atoms with Gasteiger partial charge in [-0.15, -0.1) is 0 Å². The van der Waals surface area contributed by atoms with E-state index in [9.17, 15) is 0 Å². The summed E-state index contributed by atoms with van der Waals surface area (Å²) in [5, 5.41) is 5.55. The molecule has 1 aliphatic rings. The molecule has 0 amide bonds. The Kier molecular flexibility index (Phi) is 2.18. The standard InChI is InChI=1S/C9H15N2P/c1-9(5-3-2-4-6-9)8-7-10-11-12-8/h7H,2-6H2,1H3,(H,10,11). The molecule has 1 aromatic heterocycles. The second-order valence-corrected chi connectivity index (χ2v) is 4.88. The molecule has 66 valence electrons. The molecule has 2 nitrogen and oxygen atoms in total.